The van der Waals surface area contributed by atoms with Crippen LogP contribution in [0.1, 0.15) is 23.1 Å². The molecule has 0 spiro atoms. The number of amides is 1. The third kappa shape index (κ3) is 4.64. The van der Waals surface area contributed by atoms with Crippen molar-refractivity contribution in [2.75, 3.05) is 20.3 Å². The van der Waals surface area contributed by atoms with E-state index in [2.05, 4.69) is 4.99 Å². The van der Waals surface area contributed by atoms with Crippen molar-refractivity contribution in [2.24, 2.45) is 4.99 Å². The van der Waals surface area contributed by atoms with Gasteiger partial charge in [0.25, 0.3) is 5.91 Å². The van der Waals surface area contributed by atoms with Crippen LogP contribution in [-0.2, 0) is 9.53 Å². The number of rotatable bonds is 6. The monoisotopic (exact) mass is 396 g/mol. The summed E-state index contributed by atoms with van der Waals surface area (Å²) < 4.78 is 5.13. The van der Waals surface area contributed by atoms with Crippen LogP contribution in [-0.4, -0.2) is 41.3 Å². The smallest absolute Gasteiger partial charge is 0.266 e. The Bertz CT molecular complexity index is 900. The molecule has 28 heavy (non-hydrogen) atoms. The number of amidine groups is 1. The number of nitrogens with zero attached hydrogens (tertiary/aromatic N) is 2. The molecule has 1 fully saturated rings. The molecule has 3 rings (SSSR count). The highest BCUT2D eigenvalue weighted by Crippen LogP contribution is 2.35. The number of methoxy groups -OCH3 is 1. The third-order valence-corrected chi connectivity index (χ3v) is 5.42. The molecule has 0 aliphatic carbocycles. The number of phenols is 1. The van der Waals surface area contributed by atoms with Gasteiger partial charge in [-0.2, -0.15) is 0 Å². The minimum atomic E-state index is -0.0563. The highest BCUT2D eigenvalue weighted by Gasteiger charge is 2.33. The van der Waals surface area contributed by atoms with Crippen LogP contribution >= 0.6 is 11.8 Å². The van der Waals surface area contributed by atoms with Crippen molar-refractivity contribution < 1.29 is 14.6 Å². The Kier molecular flexibility index (Phi) is 6.54. The van der Waals surface area contributed by atoms with E-state index >= 15 is 0 Å². The molecular formula is C22H24N2O3S. The summed E-state index contributed by atoms with van der Waals surface area (Å²) in [5.74, 6) is 0.235. The number of ether oxygens (including phenoxy) is 1. The van der Waals surface area contributed by atoms with Gasteiger partial charge in [-0.3, -0.25) is 9.69 Å². The predicted octanol–water partition coefficient (Wildman–Crippen LogP) is 4.65. The second-order valence-corrected chi connectivity index (χ2v) is 7.66. The quantitative estimate of drug-likeness (QED) is 0.570. The summed E-state index contributed by atoms with van der Waals surface area (Å²) in [4.78, 5) is 20.0. The molecule has 1 aliphatic rings. The first-order valence-corrected chi connectivity index (χ1v) is 9.95. The van der Waals surface area contributed by atoms with Crippen molar-refractivity contribution in [1.29, 1.82) is 0 Å². The first kappa shape index (κ1) is 20.2. The molecule has 1 N–H and O–H groups in total. The lowest BCUT2D eigenvalue weighted by atomic mass is 10.1. The van der Waals surface area contributed by atoms with Crippen LogP contribution in [0.5, 0.6) is 5.75 Å². The molecule has 2 aromatic carbocycles. The fourth-order valence-corrected chi connectivity index (χ4v) is 4.02. The minimum Gasteiger partial charge on any atom is -0.507 e. The first-order valence-electron chi connectivity index (χ1n) is 9.14. The van der Waals surface area contributed by atoms with Gasteiger partial charge in [0.1, 0.15) is 5.75 Å². The maximum absolute atomic E-state index is 13.0. The second-order valence-electron chi connectivity index (χ2n) is 6.65. The fraction of sp³-hybridized carbons (Fsp3) is 0.273. The number of phenolic OH excluding ortho intramolecular Hbond substituents is 1. The molecule has 1 aliphatic heterocycles. The Morgan fingerprint density at radius 3 is 2.50 bits per heavy atom. The Labute approximate surface area is 169 Å². The summed E-state index contributed by atoms with van der Waals surface area (Å²) in [6.45, 7) is 4.85. The molecular weight excluding hydrogens is 372 g/mol. The summed E-state index contributed by atoms with van der Waals surface area (Å²) >= 11 is 1.37. The van der Waals surface area contributed by atoms with Crippen molar-refractivity contribution in [3.05, 3.63) is 64.1 Å². The molecule has 0 bridgehead atoms. The average molecular weight is 397 g/mol. The number of carbonyl (C=O) groups is 1. The zero-order chi connectivity index (χ0) is 20.1. The van der Waals surface area contributed by atoms with Gasteiger partial charge in [0, 0.05) is 20.3 Å². The standard InChI is InChI=1S/C22H24N2O3S/c1-15-12-17(13-16(2)20(15)25)14-19-21(26)24(10-7-11-27-3)22(28-19)23-18-8-5-4-6-9-18/h4-6,8-9,12-14,25H,7,10-11H2,1-3H3. The first-order chi connectivity index (χ1) is 13.5. The van der Waals surface area contributed by atoms with Crippen molar-refractivity contribution in [2.45, 2.75) is 20.3 Å². The van der Waals surface area contributed by atoms with Gasteiger partial charge in [-0.25, -0.2) is 4.99 Å². The number of hydrogen-bond acceptors (Lipinski definition) is 5. The van der Waals surface area contributed by atoms with Gasteiger partial charge in [0.15, 0.2) is 5.17 Å². The van der Waals surface area contributed by atoms with E-state index in [1.54, 1.807) is 12.0 Å². The maximum atomic E-state index is 13.0. The van der Waals surface area contributed by atoms with Crippen LogP contribution in [0.4, 0.5) is 5.69 Å². The summed E-state index contributed by atoms with van der Waals surface area (Å²) in [6, 6.07) is 13.4. The second kappa shape index (κ2) is 9.08. The molecule has 0 radical (unpaired) electrons. The number of carbonyl (C=O) groups excluding carboxylic acids is 1. The molecule has 5 nitrogen and oxygen atoms in total. The molecule has 146 valence electrons. The van der Waals surface area contributed by atoms with Crippen molar-refractivity contribution in [3.63, 3.8) is 0 Å². The molecule has 0 unspecified atom stereocenters. The largest absolute Gasteiger partial charge is 0.507 e. The minimum absolute atomic E-state index is 0.0563. The number of benzene rings is 2. The average Bonchev–Trinajstić information content (AvgIpc) is 2.96. The van der Waals surface area contributed by atoms with Crippen LogP contribution in [0.3, 0.4) is 0 Å². The van der Waals surface area contributed by atoms with Crippen LogP contribution in [0.2, 0.25) is 0 Å². The van der Waals surface area contributed by atoms with E-state index in [-0.39, 0.29) is 5.91 Å². The molecule has 1 heterocycles. The van der Waals surface area contributed by atoms with Gasteiger partial charge in [-0.1, -0.05) is 18.2 Å². The molecule has 2 aromatic rings. The summed E-state index contributed by atoms with van der Waals surface area (Å²) in [5, 5.41) is 10.7. The van der Waals surface area contributed by atoms with Crippen LogP contribution < -0.4 is 0 Å². The Hall–Kier alpha value is -2.57. The van der Waals surface area contributed by atoms with Gasteiger partial charge >= 0.3 is 0 Å². The van der Waals surface area contributed by atoms with E-state index in [0.717, 1.165) is 28.8 Å². The number of hydrogen-bond donors (Lipinski definition) is 1. The van der Waals surface area contributed by atoms with Gasteiger partial charge in [-0.05, 0) is 79.1 Å². The lowest BCUT2D eigenvalue weighted by molar-refractivity contribution is -0.122. The third-order valence-electron chi connectivity index (χ3n) is 4.41. The van der Waals surface area contributed by atoms with Crippen molar-refractivity contribution in [3.8, 4) is 5.75 Å². The van der Waals surface area contributed by atoms with E-state index in [1.165, 1.54) is 11.8 Å². The molecule has 1 saturated heterocycles. The van der Waals surface area contributed by atoms with Crippen molar-refractivity contribution in [1.82, 2.24) is 4.90 Å². The number of aryl methyl sites for hydroxylation is 2. The Balaban J connectivity index is 1.93. The predicted molar refractivity (Wildman–Crippen MR) is 115 cm³/mol. The summed E-state index contributed by atoms with van der Waals surface area (Å²) in [7, 11) is 1.65. The fourth-order valence-electron chi connectivity index (χ4n) is 2.99. The molecule has 1 amide bonds. The van der Waals surface area contributed by atoms with Crippen LogP contribution in [0, 0.1) is 13.8 Å². The summed E-state index contributed by atoms with van der Waals surface area (Å²) in [5.41, 5.74) is 3.28. The van der Waals surface area contributed by atoms with Gasteiger partial charge in [-0.15, -0.1) is 0 Å². The molecule has 0 aromatic heterocycles. The van der Waals surface area contributed by atoms with Crippen LogP contribution in [0.25, 0.3) is 6.08 Å². The molecule has 0 atom stereocenters. The topological polar surface area (TPSA) is 62.1 Å². The Morgan fingerprint density at radius 2 is 1.86 bits per heavy atom. The van der Waals surface area contributed by atoms with Gasteiger partial charge < -0.3 is 9.84 Å². The number of aromatic hydroxyl groups is 1. The van der Waals surface area contributed by atoms with E-state index in [1.807, 2.05) is 62.4 Å². The highest BCUT2D eigenvalue weighted by atomic mass is 32.2. The zero-order valence-electron chi connectivity index (χ0n) is 16.3. The molecule has 0 saturated carbocycles. The van der Waals surface area contributed by atoms with Gasteiger partial charge in [0.2, 0.25) is 0 Å². The number of aliphatic imine (C=N–C) groups is 1. The van der Waals surface area contributed by atoms with Gasteiger partial charge in [0.05, 0.1) is 10.6 Å². The SMILES string of the molecule is COCCCN1C(=O)C(=Cc2cc(C)c(O)c(C)c2)SC1=Nc1ccccc1. The van der Waals surface area contributed by atoms with E-state index in [9.17, 15) is 9.90 Å². The van der Waals surface area contributed by atoms with Crippen LogP contribution in [0.15, 0.2) is 52.4 Å². The number of thioether (sulfide) groups is 1. The summed E-state index contributed by atoms with van der Waals surface area (Å²) in [6.07, 6.45) is 2.60. The lowest BCUT2D eigenvalue weighted by Gasteiger charge is -2.15. The Morgan fingerprint density at radius 1 is 1.18 bits per heavy atom. The maximum Gasteiger partial charge on any atom is 0.266 e. The van der Waals surface area contributed by atoms with E-state index in [0.29, 0.717) is 29.0 Å². The zero-order valence-corrected chi connectivity index (χ0v) is 17.1. The van der Waals surface area contributed by atoms with E-state index in [4.69, 9.17) is 4.74 Å². The van der Waals surface area contributed by atoms with E-state index < -0.39 is 0 Å². The normalized spacial score (nSPS) is 17.1. The highest BCUT2D eigenvalue weighted by molar-refractivity contribution is 8.18. The lowest BCUT2D eigenvalue weighted by Crippen LogP contribution is -2.30. The number of para-hydroxylation sites is 1. The molecule has 6 heteroatoms. The van der Waals surface area contributed by atoms with Crippen molar-refractivity contribution >= 4 is 34.6 Å².